The molecule has 4 heteroatoms. The molecule has 0 aliphatic carbocycles. The third-order valence-electron chi connectivity index (χ3n) is 3.67. The minimum Gasteiger partial charge on any atom is -0.478 e. The van der Waals surface area contributed by atoms with Crippen LogP contribution in [0.3, 0.4) is 0 Å². The molecule has 124 valence electrons. The van der Waals surface area contributed by atoms with Crippen LogP contribution in [0.4, 0.5) is 0 Å². The Bertz CT molecular complexity index is 681. The van der Waals surface area contributed by atoms with Gasteiger partial charge in [0, 0.05) is 18.2 Å². The lowest BCUT2D eigenvalue weighted by molar-refractivity contribution is -0.131. The van der Waals surface area contributed by atoms with Crippen LogP contribution in [-0.4, -0.2) is 23.0 Å². The maximum absolute atomic E-state index is 11.9. The molecule has 1 atom stereocenters. The van der Waals surface area contributed by atoms with Crippen LogP contribution >= 0.6 is 0 Å². The molecule has 0 spiro atoms. The van der Waals surface area contributed by atoms with Crippen molar-refractivity contribution in [2.45, 2.75) is 25.3 Å². The molecule has 0 radical (unpaired) electrons. The Morgan fingerprint density at radius 2 is 1.50 bits per heavy atom. The quantitative estimate of drug-likeness (QED) is 0.734. The van der Waals surface area contributed by atoms with Gasteiger partial charge in [0.05, 0.1) is 0 Å². The largest absolute Gasteiger partial charge is 0.478 e. The van der Waals surface area contributed by atoms with E-state index in [4.69, 9.17) is 5.11 Å². The summed E-state index contributed by atoms with van der Waals surface area (Å²) in [5, 5.41) is 11.5. The van der Waals surface area contributed by atoms with Gasteiger partial charge in [0.15, 0.2) is 0 Å². The van der Waals surface area contributed by atoms with E-state index < -0.39 is 5.97 Å². The summed E-state index contributed by atoms with van der Waals surface area (Å²) in [7, 11) is 0. The van der Waals surface area contributed by atoms with Crippen LogP contribution < -0.4 is 5.32 Å². The molecule has 2 aromatic rings. The molecule has 0 saturated heterocycles. The van der Waals surface area contributed by atoms with Crippen molar-refractivity contribution in [2.75, 3.05) is 0 Å². The van der Waals surface area contributed by atoms with E-state index in [1.165, 1.54) is 5.56 Å². The lowest BCUT2D eigenvalue weighted by atomic mass is 9.99. The van der Waals surface area contributed by atoms with Crippen molar-refractivity contribution in [2.24, 2.45) is 0 Å². The maximum atomic E-state index is 11.9. The number of nitrogens with one attached hydrogen (secondary N) is 1. The Morgan fingerprint density at radius 1 is 0.917 bits per heavy atom. The molecule has 2 aromatic carbocycles. The minimum absolute atomic E-state index is 0.0569. The lowest BCUT2D eigenvalue weighted by Crippen LogP contribution is -2.36. The van der Waals surface area contributed by atoms with Gasteiger partial charge in [0.25, 0.3) is 0 Å². The van der Waals surface area contributed by atoms with Gasteiger partial charge in [-0.1, -0.05) is 60.7 Å². The molecule has 2 N–H and O–H groups in total. The highest BCUT2D eigenvalue weighted by Crippen LogP contribution is 2.10. The summed E-state index contributed by atoms with van der Waals surface area (Å²) in [6.45, 7) is 0. The highest BCUT2D eigenvalue weighted by Gasteiger charge is 2.12. The van der Waals surface area contributed by atoms with Gasteiger partial charge < -0.3 is 10.4 Å². The van der Waals surface area contributed by atoms with Gasteiger partial charge in [-0.2, -0.15) is 0 Å². The molecule has 0 aliphatic heterocycles. The van der Waals surface area contributed by atoms with E-state index in [2.05, 4.69) is 17.4 Å². The van der Waals surface area contributed by atoms with Gasteiger partial charge in [-0.05, 0) is 30.4 Å². The van der Waals surface area contributed by atoms with E-state index in [1.54, 1.807) is 0 Å². The molecular formula is C20H21NO3. The molecule has 4 nitrogen and oxygen atoms in total. The van der Waals surface area contributed by atoms with E-state index in [0.717, 1.165) is 30.6 Å². The normalized spacial score (nSPS) is 12.0. The zero-order chi connectivity index (χ0) is 17.2. The van der Waals surface area contributed by atoms with Crippen LogP contribution in [0.5, 0.6) is 0 Å². The smallest absolute Gasteiger partial charge is 0.328 e. The first-order chi connectivity index (χ1) is 11.6. The van der Waals surface area contributed by atoms with E-state index in [-0.39, 0.29) is 11.9 Å². The van der Waals surface area contributed by atoms with Crippen LogP contribution in [0.25, 0.3) is 0 Å². The second-order valence-electron chi connectivity index (χ2n) is 5.59. The van der Waals surface area contributed by atoms with Gasteiger partial charge >= 0.3 is 5.97 Å². The summed E-state index contributed by atoms with van der Waals surface area (Å²) in [5.74, 6) is -1.51. The third kappa shape index (κ3) is 6.48. The van der Waals surface area contributed by atoms with Crippen molar-refractivity contribution in [3.63, 3.8) is 0 Å². The highest BCUT2D eigenvalue weighted by molar-refractivity contribution is 5.94. The summed E-state index contributed by atoms with van der Waals surface area (Å²) in [6.07, 6.45) is 4.25. The fourth-order valence-electron chi connectivity index (χ4n) is 2.51. The van der Waals surface area contributed by atoms with E-state index in [0.29, 0.717) is 6.42 Å². The molecule has 24 heavy (non-hydrogen) atoms. The minimum atomic E-state index is -1.13. The van der Waals surface area contributed by atoms with Crippen LogP contribution in [0, 0.1) is 0 Å². The first kappa shape index (κ1) is 17.5. The van der Waals surface area contributed by atoms with Gasteiger partial charge in [-0.15, -0.1) is 0 Å². The average molecular weight is 323 g/mol. The van der Waals surface area contributed by atoms with E-state index in [9.17, 15) is 9.59 Å². The van der Waals surface area contributed by atoms with Gasteiger partial charge in [-0.25, -0.2) is 4.79 Å². The topological polar surface area (TPSA) is 66.4 Å². The molecule has 1 amide bonds. The van der Waals surface area contributed by atoms with Crippen LogP contribution in [0.2, 0.25) is 0 Å². The first-order valence-corrected chi connectivity index (χ1v) is 7.93. The lowest BCUT2D eigenvalue weighted by Gasteiger charge is -2.18. The molecule has 0 bridgehead atoms. The summed E-state index contributed by atoms with van der Waals surface area (Å²) < 4.78 is 0. The van der Waals surface area contributed by atoms with Crippen molar-refractivity contribution in [3.8, 4) is 0 Å². The Hall–Kier alpha value is -2.88. The summed E-state index contributed by atoms with van der Waals surface area (Å²) in [5.41, 5.74) is 2.35. The summed E-state index contributed by atoms with van der Waals surface area (Å²) in [4.78, 5) is 22.4. The highest BCUT2D eigenvalue weighted by atomic mass is 16.4. The third-order valence-corrected chi connectivity index (χ3v) is 3.67. The second kappa shape index (κ2) is 9.30. The van der Waals surface area contributed by atoms with Gasteiger partial charge in [0.2, 0.25) is 5.91 Å². The molecule has 1 unspecified atom stereocenters. The number of amides is 1. The summed E-state index contributed by atoms with van der Waals surface area (Å²) in [6, 6.07) is 20.0. The van der Waals surface area contributed by atoms with Crippen LogP contribution in [-0.2, 0) is 22.4 Å². The number of benzene rings is 2. The molecule has 0 fully saturated rings. The number of aliphatic carboxylic acids is 1. The average Bonchev–Trinajstić information content (AvgIpc) is 2.60. The van der Waals surface area contributed by atoms with Crippen molar-refractivity contribution in [1.82, 2.24) is 5.32 Å². The van der Waals surface area contributed by atoms with Crippen molar-refractivity contribution >= 4 is 11.9 Å². The molecule has 2 rings (SSSR count). The molecule has 0 heterocycles. The predicted molar refractivity (Wildman–Crippen MR) is 93.6 cm³/mol. The number of carbonyl (C=O) groups is 2. The fourth-order valence-corrected chi connectivity index (χ4v) is 2.51. The number of rotatable bonds is 8. The summed E-state index contributed by atoms with van der Waals surface area (Å²) >= 11 is 0. The van der Waals surface area contributed by atoms with Gasteiger partial charge in [0.1, 0.15) is 0 Å². The number of hydrogen-bond donors (Lipinski definition) is 2. The van der Waals surface area contributed by atoms with E-state index >= 15 is 0 Å². The number of carboxylic acids is 1. The predicted octanol–water partition coefficient (Wildman–Crippen LogP) is 2.99. The van der Waals surface area contributed by atoms with Crippen LogP contribution in [0.1, 0.15) is 17.5 Å². The van der Waals surface area contributed by atoms with Gasteiger partial charge in [-0.3, -0.25) is 4.79 Å². The zero-order valence-corrected chi connectivity index (χ0v) is 13.4. The molecular weight excluding hydrogens is 302 g/mol. The zero-order valence-electron chi connectivity index (χ0n) is 13.4. The number of carbonyl (C=O) groups excluding carboxylic acids is 1. The molecule has 0 saturated carbocycles. The SMILES string of the molecule is O=C(O)/C=C\C(=O)NC(CCc1ccccc1)Cc1ccccc1. The fraction of sp³-hybridized carbons (Fsp3) is 0.200. The monoisotopic (exact) mass is 323 g/mol. The first-order valence-electron chi connectivity index (χ1n) is 7.93. The Balaban J connectivity index is 2.00. The second-order valence-corrected chi connectivity index (χ2v) is 5.59. The standard InChI is InChI=1S/C20H21NO3/c22-19(13-14-20(23)24)21-18(15-17-9-5-2-6-10-17)12-11-16-7-3-1-4-8-16/h1-10,13-14,18H,11-12,15H2,(H,21,22)(H,23,24)/b14-13-. The Kier molecular flexibility index (Phi) is 6.77. The Labute approximate surface area is 141 Å². The number of carboxylic acid groups (broad SMARTS) is 1. The van der Waals surface area contributed by atoms with Crippen molar-refractivity contribution in [1.29, 1.82) is 0 Å². The maximum Gasteiger partial charge on any atom is 0.328 e. The number of aryl methyl sites for hydroxylation is 1. The molecule has 0 aliphatic rings. The van der Waals surface area contributed by atoms with E-state index in [1.807, 2.05) is 48.5 Å². The van der Waals surface area contributed by atoms with Crippen LogP contribution in [0.15, 0.2) is 72.8 Å². The van der Waals surface area contributed by atoms with Crippen molar-refractivity contribution < 1.29 is 14.7 Å². The number of hydrogen-bond acceptors (Lipinski definition) is 2. The Morgan fingerprint density at radius 3 is 2.08 bits per heavy atom. The molecule has 0 aromatic heterocycles. The van der Waals surface area contributed by atoms with Crippen molar-refractivity contribution in [3.05, 3.63) is 83.9 Å².